The van der Waals surface area contributed by atoms with Crippen molar-refractivity contribution in [1.29, 1.82) is 0 Å². The summed E-state index contributed by atoms with van der Waals surface area (Å²) < 4.78 is 28.4. The maximum Gasteiger partial charge on any atom is 0.341 e. The Hall–Kier alpha value is -1.80. The first kappa shape index (κ1) is 16.6. The van der Waals surface area contributed by atoms with Crippen LogP contribution >= 0.6 is 11.6 Å². The average Bonchev–Trinajstić information content (AvgIpc) is 2.77. The molecule has 1 saturated heterocycles. The van der Waals surface area contributed by atoms with E-state index in [1.54, 1.807) is 0 Å². The second-order valence-corrected chi connectivity index (χ2v) is 7.52. The molecule has 1 heterocycles. The second-order valence-electron chi connectivity index (χ2n) is 4.81. The molecule has 0 spiro atoms. The lowest BCUT2D eigenvalue weighted by atomic mass is 10.2. The first-order valence-corrected chi connectivity index (χ1v) is 8.55. The number of carbonyl (C=O) groups is 2. The van der Waals surface area contributed by atoms with Gasteiger partial charge in [0.1, 0.15) is 11.0 Å². The molecule has 1 unspecified atom stereocenters. The summed E-state index contributed by atoms with van der Waals surface area (Å²) in [4.78, 5) is 22.4. The van der Waals surface area contributed by atoms with Crippen LogP contribution in [0.25, 0.3) is 0 Å². The molecule has 0 radical (unpaired) electrons. The summed E-state index contributed by atoms with van der Waals surface area (Å²) in [5, 5.41) is 10.1. The van der Waals surface area contributed by atoms with Crippen molar-refractivity contribution in [3.8, 4) is 5.75 Å². The highest BCUT2D eigenvalue weighted by molar-refractivity contribution is 7.93. The van der Waals surface area contributed by atoms with E-state index in [1.807, 2.05) is 0 Å². The minimum absolute atomic E-state index is 0.0216. The van der Waals surface area contributed by atoms with Crippen LogP contribution in [0.3, 0.4) is 0 Å². The lowest BCUT2D eigenvalue weighted by Crippen LogP contribution is -2.31. The molecule has 1 aromatic rings. The fourth-order valence-electron chi connectivity index (χ4n) is 2.14. The van der Waals surface area contributed by atoms with E-state index < -0.39 is 33.6 Å². The van der Waals surface area contributed by atoms with Crippen molar-refractivity contribution < 1.29 is 27.9 Å². The topological polar surface area (TPSA) is 110 Å². The van der Waals surface area contributed by atoms with Gasteiger partial charge in [-0.2, -0.15) is 0 Å². The highest BCUT2D eigenvalue weighted by atomic mass is 35.5. The number of carboxylic acids is 1. The van der Waals surface area contributed by atoms with Crippen LogP contribution in [0, 0.1) is 0 Å². The molecule has 120 valence electrons. The number of nitrogens with one attached hydrogen (secondary N) is 1. The molecule has 1 atom stereocenters. The maximum absolute atomic E-state index is 12.0. The van der Waals surface area contributed by atoms with Gasteiger partial charge >= 0.3 is 5.97 Å². The van der Waals surface area contributed by atoms with Crippen LogP contribution in [0.2, 0.25) is 5.02 Å². The fourth-order valence-corrected chi connectivity index (χ4v) is 4.14. The normalized spacial score (nSPS) is 19.6. The zero-order valence-corrected chi connectivity index (χ0v) is 13.0. The lowest BCUT2D eigenvalue weighted by Gasteiger charge is -2.12. The van der Waals surface area contributed by atoms with Crippen molar-refractivity contribution in [1.82, 2.24) is 0 Å². The van der Waals surface area contributed by atoms with Crippen LogP contribution < -0.4 is 10.1 Å². The number of amides is 1. The molecule has 1 aromatic carbocycles. The van der Waals surface area contributed by atoms with E-state index in [2.05, 4.69) is 5.32 Å². The highest BCUT2D eigenvalue weighted by Gasteiger charge is 2.37. The van der Waals surface area contributed by atoms with Gasteiger partial charge < -0.3 is 15.2 Å². The van der Waals surface area contributed by atoms with E-state index in [-0.39, 0.29) is 16.5 Å². The number of carbonyl (C=O) groups excluding carboxylic acids is 1. The number of carboxylic acid groups (broad SMARTS) is 1. The summed E-state index contributed by atoms with van der Waals surface area (Å²) in [6, 6.07) is 4.24. The molecule has 0 aliphatic carbocycles. The fraction of sp³-hybridized carbons (Fsp3) is 0.385. The summed E-state index contributed by atoms with van der Waals surface area (Å²) in [6.07, 6.45) is 0.783. The summed E-state index contributed by atoms with van der Waals surface area (Å²) in [5.41, 5.74) is 0.319. The molecule has 0 bridgehead atoms. The Morgan fingerprint density at radius 2 is 2.14 bits per heavy atom. The first-order valence-electron chi connectivity index (χ1n) is 6.46. The molecule has 1 fully saturated rings. The van der Waals surface area contributed by atoms with E-state index in [1.165, 1.54) is 18.2 Å². The Morgan fingerprint density at radius 3 is 2.68 bits per heavy atom. The Morgan fingerprint density at radius 1 is 1.41 bits per heavy atom. The summed E-state index contributed by atoms with van der Waals surface area (Å²) in [6.45, 7) is -0.536. The van der Waals surface area contributed by atoms with Crippen molar-refractivity contribution in [3.05, 3.63) is 23.2 Å². The van der Waals surface area contributed by atoms with Crippen molar-refractivity contribution in [2.24, 2.45) is 0 Å². The van der Waals surface area contributed by atoms with E-state index in [0.29, 0.717) is 18.5 Å². The number of ether oxygens (including phenoxy) is 1. The smallest absolute Gasteiger partial charge is 0.341 e. The molecule has 2 rings (SSSR count). The number of halogens is 1. The number of aliphatic carboxylic acids is 1. The molecule has 1 aliphatic heterocycles. The molecule has 2 N–H and O–H groups in total. The van der Waals surface area contributed by atoms with E-state index in [4.69, 9.17) is 21.4 Å². The van der Waals surface area contributed by atoms with Gasteiger partial charge in [-0.05, 0) is 31.0 Å². The third-order valence-corrected chi connectivity index (χ3v) is 5.64. The van der Waals surface area contributed by atoms with E-state index >= 15 is 0 Å². The quantitative estimate of drug-likeness (QED) is 0.831. The second kappa shape index (κ2) is 6.53. The molecule has 1 aliphatic rings. The van der Waals surface area contributed by atoms with Crippen LogP contribution in [0.4, 0.5) is 5.69 Å². The van der Waals surface area contributed by atoms with Crippen molar-refractivity contribution >= 4 is 39.0 Å². The Balaban J connectivity index is 2.06. The molecular formula is C13H14ClNO6S. The van der Waals surface area contributed by atoms with Crippen LogP contribution in [-0.2, 0) is 19.4 Å². The van der Waals surface area contributed by atoms with Gasteiger partial charge in [0.15, 0.2) is 16.4 Å². The van der Waals surface area contributed by atoms with E-state index in [9.17, 15) is 18.0 Å². The Kier molecular flexibility index (Phi) is 4.92. The third-order valence-electron chi connectivity index (χ3n) is 3.17. The van der Waals surface area contributed by atoms with Gasteiger partial charge in [0, 0.05) is 5.69 Å². The first-order chi connectivity index (χ1) is 10.3. The number of sulfone groups is 1. The van der Waals surface area contributed by atoms with Crippen molar-refractivity contribution in [3.63, 3.8) is 0 Å². The third kappa shape index (κ3) is 3.89. The van der Waals surface area contributed by atoms with Gasteiger partial charge in [-0.15, -0.1) is 0 Å². The zero-order chi connectivity index (χ0) is 16.3. The minimum atomic E-state index is -3.38. The lowest BCUT2D eigenvalue weighted by molar-refractivity contribution is -0.139. The molecule has 1 amide bonds. The number of rotatable bonds is 5. The highest BCUT2D eigenvalue weighted by Crippen LogP contribution is 2.28. The average molecular weight is 348 g/mol. The maximum atomic E-state index is 12.0. The predicted octanol–water partition coefficient (Wildman–Crippen LogP) is 1.32. The van der Waals surface area contributed by atoms with Gasteiger partial charge in [0.25, 0.3) is 0 Å². The number of hydrogen-bond donors (Lipinski definition) is 2. The standard InChI is InChI=1S/C13H14ClNO6S/c14-9-6-8(3-4-10(9)21-7-12(16)17)15-13(18)11-2-1-5-22(11,19)20/h3-4,6,11H,1-2,5,7H2,(H,15,18)(H,16,17). The van der Waals surface area contributed by atoms with Crippen molar-refractivity contribution in [2.75, 3.05) is 17.7 Å². The molecule has 9 heteroatoms. The van der Waals surface area contributed by atoms with Crippen LogP contribution in [0.5, 0.6) is 5.75 Å². The summed E-state index contributed by atoms with van der Waals surface area (Å²) in [7, 11) is -3.38. The molecule has 22 heavy (non-hydrogen) atoms. The van der Waals surface area contributed by atoms with Crippen molar-refractivity contribution in [2.45, 2.75) is 18.1 Å². The Labute approximate surface area is 132 Å². The van der Waals surface area contributed by atoms with Gasteiger partial charge in [0.2, 0.25) is 5.91 Å². The van der Waals surface area contributed by atoms with Crippen LogP contribution in [0.1, 0.15) is 12.8 Å². The van der Waals surface area contributed by atoms with Crippen LogP contribution in [0.15, 0.2) is 18.2 Å². The molecule has 0 aromatic heterocycles. The predicted molar refractivity (Wildman–Crippen MR) is 80.0 cm³/mol. The van der Waals surface area contributed by atoms with Gasteiger partial charge in [-0.1, -0.05) is 11.6 Å². The number of benzene rings is 1. The monoisotopic (exact) mass is 347 g/mol. The summed E-state index contributed by atoms with van der Waals surface area (Å²) >= 11 is 5.92. The number of hydrogen-bond acceptors (Lipinski definition) is 5. The van der Waals surface area contributed by atoms with Crippen LogP contribution in [-0.4, -0.2) is 43.0 Å². The van der Waals surface area contributed by atoms with Gasteiger partial charge in [0.05, 0.1) is 10.8 Å². The molecular weight excluding hydrogens is 334 g/mol. The number of anilines is 1. The molecule has 7 nitrogen and oxygen atoms in total. The van der Waals surface area contributed by atoms with Gasteiger partial charge in [-0.3, -0.25) is 4.79 Å². The van der Waals surface area contributed by atoms with E-state index in [0.717, 1.165) is 0 Å². The van der Waals surface area contributed by atoms with Gasteiger partial charge in [-0.25, -0.2) is 13.2 Å². The summed E-state index contributed by atoms with van der Waals surface area (Å²) in [5.74, 6) is -1.54. The largest absolute Gasteiger partial charge is 0.480 e. The zero-order valence-electron chi connectivity index (χ0n) is 11.4. The SMILES string of the molecule is O=C(O)COc1ccc(NC(=O)C2CCCS2(=O)=O)cc1Cl. The minimum Gasteiger partial charge on any atom is -0.480 e. The molecule has 0 saturated carbocycles. The Bertz CT molecular complexity index is 702.